The maximum absolute atomic E-state index is 12.0. The van der Waals surface area contributed by atoms with Crippen molar-refractivity contribution in [1.29, 1.82) is 0 Å². The molecule has 0 bridgehead atoms. The molecule has 0 saturated carbocycles. The Morgan fingerprint density at radius 2 is 1.91 bits per heavy atom. The Hall–Kier alpha value is -3.17. The molecule has 1 amide bonds. The molecule has 33 heavy (non-hydrogen) atoms. The minimum absolute atomic E-state index is 0.159. The van der Waals surface area contributed by atoms with Crippen LogP contribution in [0.5, 0.6) is 5.75 Å². The number of nitrogens with one attached hydrogen (secondary N) is 1. The Kier molecular flexibility index (Phi) is 7.41. The van der Waals surface area contributed by atoms with E-state index >= 15 is 0 Å². The Morgan fingerprint density at radius 1 is 1.15 bits per heavy atom. The quantitative estimate of drug-likeness (QED) is 0.346. The number of hydrogen-bond donors (Lipinski definition) is 2. The normalized spacial score (nSPS) is 14.0. The number of aromatic carboxylic acids is 1. The molecule has 2 heterocycles. The van der Waals surface area contributed by atoms with Crippen molar-refractivity contribution in [3.63, 3.8) is 0 Å². The molecule has 4 rings (SSSR count). The molecule has 3 aromatic rings. The third-order valence-corrected chi connectivity index (χ3v) is 8.01. The van der Waals surface area contributed by atoms with Crippen molar-refractivity contribution in [1.82, 2.24) is 5.43 Å². The van der Waals surface area contributed by atoms with Gasteiger partial charge in [0, 0.05) is 17.1 Å². The summed E-state index contributed by atoms with van der Waals surface area (Å²) in [5.74, 6) is 2.51. The van der Waals surface area contributed by atoms with Crippen molar-refractivity contribution < 1.29 is 23.8 Å². The number of carboxylic acid groups (broad SMARTS) is 1. The minimum atomic E-state index is -1.00. The summed E-state index contributed by atoms with van der Waals surface area (Å²) in [5.41, 5.74) is 5.41. The van der Waals surface area contributed by atoms with Crippen LogP contribution < -0.4 is 10.2 Å². The van der Waals surface area contributed by atoms with Crippen molar-refractivity contribution >= 4 is 41.6 Å². The molecule has 1 aliphatic rings. The standard InChI is InChI=1S/C24H22N2O5S2/c1-15-2-3-17(23(28)29)12-20(15)21-9-8-19(31-21)13-25-26-22(27)14-30-18-6-4-16(5-7-18)24-32-10-11-33-24/h2-9,12-13,24H,10-11,14H2,1H3,(H,26,27)(H,28,29)/b25-13-. The second kappa shape index (κ2) is 10.6. The molecule has 170 valence electrons. The van der Waals surface area contributed by atoms with Gasteiger partial charge in [0.25, 0.3) is 5.91 Å². The van der Waals surface area contributed by atoms with E-state index in [2.05, 4.69) is 10.5 Å². The van der Waals surface area contributed by atoms with Crippen molar-refractivity contribution in [2.24, 2.45) is 5.10 Å². The molecule has 2 N–H and O–H groups in total. The highest BCUT2D eigenvalue weighted by atomic mass is 32.2. The van der Waals surface area contributed by atoms with Crippen molar-refractivity contribution in [2.45, 2.75) is 11.5 Å². The Morgan fingerprint density at radius 3 is 2.64 bits per heavy atom. The topological polar surface area (TPSA) is 101 Å². The van der Waals surface area contributed by atoms with Crippen LogP contribution in [0.25, 0.3) is 11.3 Å². The lowest BCUT2D eigenvalue weighted by atomic mass is 10.0. The highest BCUT2D eigenvalue weighted by Crippen LogP contribution is 2.45. The van der Waals surface area contributed by atoms with E-state index in [0.29, 0.717) is 27.4 Å². The number of amides is 1. The second-order valence-corrected chi connectivity index (χ2v) is 9.99. The number of furan rings is 1. The first-order valence-corrected chi connectivity index (χ1v) is 12.3. The number of carboxylic acids is 1. The van der Waals surface area contributed by atoms with Gasteiger partial charge in [-0.15, -0.1) is 23.5 Å². The molecule has 1 fully saturated rings. The smallest absolute Gasteiger partial charge is 0.335 e. The largest absolute Gasteiger partial charge is 0.484 e. The van der Waals surface area contributed by atoms with Crippen molar-refractivity contribution in [3.05, 3.63) is 77.0 Å². The first-order chi connectivity index (χ1) is 16.0. The van der Waals surface area contributed by atoms with E-state index in [1.54, 1.807) is 30.3 Å². The molecule has 0 aliphatic carbocycles. The van der Waals surface area contributed by atoms with E-state index in [1.807, 2.05) is 54.7 Å². The number of ether oxygens (including phenoxy) is 1. The van der Waals surface area contributed by atoms with E-state index in [4.69, 9.17) is 9.15 Å². The van der Waals surface area contributed by atoms with Gasteiger partial charge in [-0.05, 0) is 54.4 Å². The monoisotopic (exact) mass is 482 g/mol. The highest BCUT2D eigenvalue weighted by Gasteiger charge is 2.18. The number of hydrogen-bond acceptors (Lipinski definition) is 7. The first-order valence-electron chi connectivity index (χ1n) is 10.2. The third-order valence-electron chi connectivity index (χ3n) is 4.90. The van der Waals surface area contributed by atoms with Crippen LogP contribution in [-0.2, 0) is 4.79 Å². The summed E-state index contributed by atoms with van der Waals surface area (Å²) in [6, 6.07) is 16.1. The fraction of sp³-hybridized carbons (Fsp3) is 0.208. The number of benzene rings is 2. The van der Waals surface area contributed by atoms with Gasteiger partial charge in [-0.25, -0.2) is 10.2 Å². The van der Waals surface area contributed by atoms with Gasteiger partial charge < -0.3 is 14.3 Å². The van der Waals surface area contributed by atoms with Crippen LogP contribution >= 0.6 is 23.5 Å². The number of carbonyl (C=O) groups excluding carboxylic acids is 1. The molecule has 1 aromatic heterocycles. The molecular weight excluding hydrogens is 460 g/mol. The minimum Gasteiger partial charge on any atom is -0.484 e. The van der Waals surface area contributed by atoms with Crippen LogP contribution in [0.4, 0.5) is 0 Å². The van der Waals surface area contributed by atoms with Gasteiger partial charge in [-0.3, -0.25) is 4.79 Å². The Bertz CT molecular complexity index is 1170. The van der Waals surface area contributed by atoms with Gasteiger partial charge >= 0.3 is 5.97 Å². The molecular formula is C24H22N2O5S2. The van der Waals surface area contributed by atoms with Crippen LogP contribution in [0.3, 0.4) is 0 Å². The SMILES string of the molecule is Cc1ccc(C(=O)O)cc1-c1ccc(/C=N\NC(=O)COc2ccc(C3SCCS3)cc2)o1. The molecule has 0 spiro atoms. The Labute approximate surface area is 199 Å². The van der Waals surface area contributed by atoms with Crippen LogP contribution in [0.2, 0.25) is 0 Å². The van der Waals surface area contributed by atoms with E-state index in [-0.39, 0.29) is 12.2 Å². The van der Waals surface area contributed by atoms with Gasteiger partial charge in [0.2, 0.25) is 0 Å². The predicted octanol–water partition coefficient (Wildman–Crippen LogP) is 4.96. The molecule has 1 aliphatic heterocycles. The first kappa shape index (κ1) is 23.0. The average molecular weight is 483 g/mol. The number of aryl methyl sites for hydroxylation is 1. The van der Waals surface area contributed by atoms with Crippen LogP contribution in [-0.4, -0.2) is 41.3 Å². The van der Waals surface area contributed by atoms with E-state index in [1.165, 1.54) is 23.3 Å². The van der Waals surface area contributed by atoms with Gasteiger partial charge in [-0.1, -0.05) is 18.2 Å². The maximum atomic E-state index is 12.0. The summed E-state index contributed by atoms with van der Waals surface area (Å²) in [7, 11) is 0. The predicted molar refractivity (Wildman–Crippen MR) is 131 cm³/mol. The molecule has 0 unspecified atom stereocenters. The van der Waals surface area contributed by atoms with E-state index < -0.39 is 11.9 Å². The molecule has 7 nitrogen and oxygen atoms in total. The summed E-state index contributed by atoms with van der Waals surface area (Å²) in [6.07, 6.45) is 1.38. The summed E-state index contributed by atoms with van der Waals surface area (Å²) in [5, 5.41) is 13.1. The zero-order valence-corrected chi connectivity index (χ0v) is 19.4. The number of thioether (sulfide) groups is 2. The molecule has 9 heteroatoms. The summed E-state index contributed by atoms with van der Waals surface area (Å²) in [4.78, 5) is 23.2. The zero-order chi connectivity index (χ0) is 23.2. The fourth-order valence-corrected chi connectivity index (χ4v) is 6.07. The van der Waals surface area contributed by atoms with Crippen LogP contribution in [0.15, 0.2) is 64.1 Å². The van der Waals surface area contributed by atoms with Crippen LogP contribution in [0.1, 0.15) is 31.8 Å². The van der Waals surface area contributed by atoms with Crippen LogP contribution in [0, 0.1) is 6.92 Å². The average Bonchev–Trinajstić information content (AvgIpc) is 3.51. The molecule has 0 radical (unpaired) electrons. The lowest BCUT2D eigenvalue weighted by Crippen LogP contribution is -2.24. The second-order valence-electron chi connectivity index (χ2n) is 7.26. The maximum Gasteiger partial charge on any atom is 0.335 e. The number of rotatable bonds is 8. The molecule has 1 saturated heterocycles. The summed E-state index contributed by atoms with van der Waals surface area (Å²) >= 11 is 3.88. The lowest BCUT2D eigenvalue weighted by Gasteiger charge is -2.09. The summed E-state index contributed by atoms with van der Waals surface area (Å²) < 4.78 is 11.7. The number of hydrazone groups is 1. The Balaban J connectivity index is 1.28. The lowest BCUT2D eigenvalue weighted by molar-refractivity contribution is -0.123. The number of nitrogens with zero attached hydrogens (tertiary/aromatic N) is 1. The molecule has 0 atom stereocenters. The van der Waals surface area contributed by atoms with Crippen molar-refractivity contribution in [3.8, 4) is 17.1 Å². The third kappa shape index (κ3) is 6.00. The van der Waals surface area contributed by atoms with Gasteiger partial charge in [-0.2, -0.15) is 5.10 Å². The molecule has 2 aromatic carbocycles. The van der Waals surface area contributed by atoms with Crippen molar-refractivity contribution in [2.75, 3.05) is 18.1 Å². The van der Waals surface area contributed by atoms with Gasteiger partial charge in [0.15, 0.2) is 6.61 Å². The van der Waals surface area contributed by atoms with Gasteiger partial charge in [0.1, 0.15) is 17.3 Å². The number of carbonyl (C=O) groups is 2. The van der Waals surface area contributed by atoms with E-state index in [0.717, 1.165) is 5.56 Å². The van der Waals surface area contributed by atoms with E-state index in [9.17, 15) is 14.7 Å². The zero-order valence-electron chi connectivity index (χ0n) is 17.8. The highest BCUT2D eigenvalue weighted by molar-refractivity contribution is 8.19. The van der Waals surface area contributed by atoms with Gasteiger partial charge in [0.05, 0.1) is 16.4 Å². The summed E-state index contributed by atoms with van der Waals surface area (Å²) in [6.45, 7) is 1.71. The fourth-order valence-electron chi connectivity index (χ4n) is 3.21.